The molecule has 0 unspecified atom stereocenters. The van der Waals surface area contributed by atoms with Crippen LogP contribution >= 0.6 is 0 Å². The first-order valence-corrected chi connectivity index (χ1v) is 9.46. The summed E-state index contributed by atoms with van der Waals surface area (Å²) in [6.45, 7) is 1.24. The van der Waals surface area contributed by atoms with E-state index in [0.717, 1.165) is 11.1 Å². The molecule has 3 heterocycles. The van der Waals surface area contributed by atoms with Crippen LogP contribution in [0.2, 0.25) is 0 Å². The standard InChI is InChI=1S/C19H23N5O6/c1-9-2-4-10(5-3-9)11(6-25)21-19-22-16-13(17(29)23-19)20-8-24(16)18-15(28)14(27)12(7-26)30-18/h2-5,8,11-12,14-15,18,25-28H,6-7H2,1H3,(H2,21,22,23,29)/t11-,12+,14+,15+,18+/m0/s1. The molecule has 1 fully saturated rings. The topological polar surface area (TPSA) is 166 Å². The Labute approximate surface area is 170 Å². The number of anilines is 1. The first-order valence-electron chi connectivity index (χ1n) is 9.46. The molecule has 30 heavy (non-hydrogen) atoms. The Hall–Kier alpha value is -2.83. The molecule has 0 saturated carbocycles. The summed E-state index contributed by atoms with van der Waals surface area (Å²) in [4.78, 5) is 23.5. The predicted molar refractivity (Wildman–Crippen MR) is 106 cm³/mol. The molecule has 1 aliphatic heterocycles. The quantitative estimate of drug-likeness (QED) is 0.301. The lowest BCUT2D eigenvalue weighted by molar-refractivity contribution is -0.0511. The van der Waals surface area contributed by atoms with Crippen LogP contribution in [0.15, 0.2) is 35.4 Å². The SMILES string of the molecule is Cc1ccc([C@H](CO)Nc2nc3c(ncn3[C@@H]3O[C@H](CO)[C@@H](O)[C@H]3O)c(=O)[nH]2)cc1. The highest BCUT2D eigenvalue weighted by Crippen LogP contribution is 2.31. The molecule has 3 aromatic rings. The van der Waals surface area contributed by atoms with Crippen LogP contribution in [-0.4, -0.2) is 71.5 Å². The third-order valence-electron chi connectivity index (χ3n) is 5.20. The molecule has 0 radical (unpaired) electrons. The molecule has 1 saturated heterocycles. The average molecular weight is 417 g/mol. The van der Waals surface area contributed by atoms with E-state index in [4.69, 9.17) is 4.74 Å². The minimum absolute atomic E-state index is 0.0224. The van der Waals surface area contributed by atoms with E-state index >= 15 is 0 Å². The van der Waals surface area contributed by atoms with Crippen LogP contribution < -0.4 is 10.9 Å². The van der Waals surface area contributed by atoms with E-state index in [2.05, 4.69) is 20.3 Å². The number of ether oxygens (including phenoxy) is 1. The summed E-state index contributed by atoms with van der Waals surface area (Å²) in [6, 6.07) is 7.04. The number of aromatic amines is 1. The number of hydrogen-bond donors (Lipinski definition) is 6. The van der Waals surface area contributed by atoms with Crippen LogP contribution in [0.25, 0.3) is 11.2 Å². The van der Waals surface area contributed by atoms with Crippen molar-refractivity contribution in [2.75, 3.05) is 18.5 Å². The average Bonchev–Trinajstić information content (AvgIpc) is 3.28. The zero-order chi connectivity index (χ0) is 21.4. The van der Waals surface area contributed by atoms with Crippen molar-refractivity contribution in [2.24, 2.45) is 0 Å². The lowest BCUT2D eigenvalue weighted by Gasteiger charge is -2.18. The maximum atomic E-state index is 12.5. The van der Waals surface area contributed by atoms with Crippen molar-refractivity contribution in [2.45, 2.75) is 37.5 Å². The van der Waals surface area contributed by atoms with Crippen LogP contribution in [0.4, 0.5) is 5.95 Å². The van der Waals surface area contributed by atoms with Gasteiger partial charge in [0.1, 0.15) is 18.3 Å². The van der Waals surface area contributed by atoms with Crippen molar-refractivity contribution < 1.29 is 25.2 Å². The molecular formula is C19H23N5O6. The number of nitrogens with zero attached hydrogens (tertiary/aromatic N) is 3. The Morgan fingerprint density at radius 3 is 2.60 bits per heavy atom. The smallest absolute Gasteiger partial charge is 0.280 e. The molecule has 1 aliphatic rings. The van der Waals surface area contributed by atoms with Crippen LogP contribution in [-0.2, 0) is 4.74 Å². The summed E-state index contributed by atoms with van der Waals surface area (Å²) in [6.07, 6.45) is -3.40. The number of aliphatic hydroxyl groups excluding tert-OH is 4. The lowest BCUT2D eigenvalue weighted by Crippen LogP contribution is -2.33. The molecule has 160 valence electrons. The molecule has 4 rings (SSSR count). The predicted octanol–water partition coefficient (Wildman–Crippen LogP) is -0.815. The summed E-state index contributed by atoms with van der Waals surface area (Å²) in [7, 11) is 0. The van der Waals surface area contributed by atoms with Gasteiger partial charge in [0.25, 0.3) is 5.56 Å². The van der Waals surface area contributed by atoms with Crippen molar-refractivity contribution in [1.82, 2.24) is 19.5 Å². The fourth-order valence-electron chi connectivity index (χ4n) is 3.49. The Morgan fingerprint density at radius 1 is 1.23 bits per heavy atom. The molecule has 1 aromatic carbocycles. The highest BCUT2D eigenvalue weighted by molar-refractivity contribution is 5.71. The molecule has 2 aromatic heterocycles. The van der Waals surface area contributed by atoms with Crippen LogP contribution in [0, 0.1) is 6.92 Å². The van der Waals surface area contributed by atoms with Gasteiger partial charge in [-0.3, -0.25) is 14.3 Å². The Morgan fingerprint density at radius 2 is 1.97 bits per heavy atom. The van der Waals surface area contributed by atoms with Gasteiger partial charge in [-0.15, -0.1) is 0 Å². The fraction of sp³-hybridized carbons (Fsp3) is 0.421. The first kappa shape index (κ1) is 20.4. The minimum Gasteiger partial charge on any atom is -0.394 e. The molecule has 6 N–H and O–H groups in total. The Bertz CT molecular complexity index is 1080. The van der Waals surface area contributed by atoms with Crippen molar-refractivity contribution in [3.05, 3.63) is 52.1 Å². The number of hydrogen-bond acceptors (Lipinski definition) is 9. The van der Waals surface area contributed by atoms with Gasteiger partial charge in [-0.2, -0.15) is 4.98 Å². The molecule has 11 nitrogen and oxygen atoms in total. The molecule has 0 aliphatic carbocycles. The second-order valence-corrected chi connectivity index (χ2v) is 7.26. The van der Waals surface area contributed by atoms with Gasteiger partial charge in [0.15, 0.2) is 17.4 Å². The first-order chi connectivity index (χ1) is 14.4. The van der Waals surface area contributed by atoms with Crippen molar-refractivity contribution in [1.29, 1.82) is 0 Å². The van der Waals surface area contributed by atoms with Gasteiger partial charge in [-0.1, -0.05) is 29.8 Å². The summed E-state index contributed by atoms with van der Waals surface area (Å²) < 4.78 is 6.84. The number of benzene rings is 1. The van der Waals surface area contributed by atoms with E-state index in [9.17, 15) is 25.2 Å². The summed E-state index contributed by atoms with van der Waals surface area (Å²) in [5.41, 5.74) is 1.51. The van der Waals surface area contributed by atoms with Crippen molar-refractivity contribution in [3.8, 4) is 0 Å². The maximum absolute atomic E-state index is 12.5. The van der Waals surface area contributed by atoms with E-state index in [-0.39, 0.29) is 23.7 Å². The number of aromatic nitrogens is 4. The van der Waals surface area contributed by atoms with E-state index in [1.165, 1.54) is 10.9 Å². The van der Waals surface area contributed by atoms with Crippen LogP contribution in [0.5, 0.6) is 0 Å². The molecule has 0 bridgehead atoms. The zero-order valence-corrected chi connectivity index (χ0v) is 16.1. The molecule has 11 heteroatoms. The van der Waals surface area contributed by atoms with Crippen molar-refractivity contribution in [3.63, 3.8) is 0 Å². The Kier molecular flexibility index (Phi) is 5.54. The number of aryl methyl sites for hydroxylation is 1. The van der Waals surface area contributed by atoms with Gasteiger partial charge in [0.05, 0.1) is 25.6 Å². The summed E-state index contributed by atoms with van der Waals surface area (Å²) >= 11 is 0. The molecular weight excluding hydrogens is 394 g/mol. The summed E-state index contributed by atoms with van der Waals surface area (Å²) in [5.74, 6) is 0.0978. The second kappa shape index (κ2) is 8.13. The largest absolute Gasteiger partial charge is 0.394 e. The van der Waals surface area contributed by atoms with E-state index in [1.54, 1.807) is 0 Å². The number of imidazole rings is 1. The summed E-state index contributed by atoms with van der Waals surface area (Å²) in [5, 5.41) is 42.4. The minimum atomic E-state index is -1.34. The number of aliphatic hydroxyl groups is 4. The number of nitrogens with one attached hydrogen (secondary N) is 2. The highest BCUT2D eigenvalue weighted by Gasteiger charge is 2.44. The highest BCUT2D eigenvalue weighted by atomic mass is 16.6. The maximum Gasteiger partial charge on any atom is 0.280 e. The molecule has 0 spiro atoms. The van der Waals surface area contributed by atoms with E-state index in [1.807, 2.05) is 31.2 Å². The fourth-order valence-corrected chi connectivity index (χ4v) is 3.49. The zero-order valence-electron chi connectivity index (χ0n) is 16.1. The van der Waals surface area contributed by atoms with Gasteiger partial charge in [0.2, 0.25) is 5.95 Å². The Balaban J connectivity index is 1.68. The van der Waals surface area contributed by atoms with E-state index in [0.29, 0.717) is 0 Å². The van der Waals surface area contributed by atoms with E-state index < -0.39 is 42.7 Å². The normalized spacial score (nSPS) is 25.0. The number of rotatable bonds is 6. The number of H-pyrrole nitrogens is 1. The van der Waals surface area contributed by atoms with Gasteiger partial charge in [-0.25, -0.2) is 4.98 Å². The monoisotopic (exact) mass is 417 g/mol. The number of fused-ring (bicyclic) bond motifs is 1. The second-order valence-electron chi connectivity index (χ2n) is 7.26. The van der Waals surface area contributed by atoms with Crippen LogP contribution in [0.1, 0.15) is 23.4 Å². The van der Waals surface area contributed by atoms with Gasteiger partial charge in [0, 0.05) is 0 Å². The third kappa shape index (κ3) is 3.57. The third-order valence-corrected chi connectivity index (χ3v) is 5.20. The van der Waals surface area contributed by atoms with Crippen molar-refractivity contribution >= 4 is 17.1 Å². The van der Waals surface area contributed by atoms with Gasteiger partial charge < -0.3 is 30.5 Å². The molecule has 0 amide bonds. The lowest BCUT2D eigenvalue weighted by atomic mass is 10.1. The van der Waals surface area contributed by atoms with Crippen LogP contribution in [0.3, 0.4) is 0 Å². The molecule has 5 atom stereocenters. The van der Waals surface area contributed by atoms with Gasteiger partial charge >= 0.3 is 0 Å². The van der Waals surface area contributed by atoms with Gasteiger partial charge in [-0.05, 0) is 12.5 Å².